The summed E-state index contributed by atoms with van der Waals surface area (Å²) in [6, 6.07) is 6.06. The van der Waals surface area contributed by atoms with Gasteiger partial charge in [0.05, 0.1) is 11.5 Å². The molecular formula is C16H25IN4O4. The van der Waals surface area contributed by atoms with E-state index in [0.717, 1.165) is 12.8 Å². The number of halogens is 1. The molecule has 0 bridgehead atoms. The molecule has 1 unspecified atom stereocenters. The summed E-state index contributed by atoms with van der Waals surface area (Å²) in [5, 5.41) is 23.6. The number of non-ortho nitro benzene ring substituents is 1. The number of aliphatic hydroxyl groups is 1. The Labute approximate surface area is 164 Å². The third-order valence-electron chi connectivity index (χ3n) is 3.92. The maximum Gasteiger partial charge on any atom is 0.269 e. The summed E-state index contributed by atoms with van der Waals surface area (Å²) < 4.78 is 5.38. The number of nitrogens with two attached hydrogens (primary N) is 1. The molecule has 1 aliphatic rings. The van der Waals surface area contributed by atoms with Gasteiger partial charge in [0, 0.05) is 18.2 Å². The summed E-state index contributed by atoms with van der Waals surface area (Å²) in [5.74, 6) is 0.799. The predicted octanol–water partition coefficient (Wildman–Crippen LogP) is 2.19. The molecule has 0 radical (unpaired) electrons. The van der Waals surface area contributed by atoms with Crippen LogP contribution in [0.5, 0.6) is 5.75 Å². The van der Waals surface area contributed by atoms with Gasteiger partial charge >= 0.3 is 0 Å². The van der Waals surface area contributed by atoms with Crippen molar-refractivity contribution in [1.29, 1.82) is 0 Å². The van der Waals surface area contributed by atoms with E-state index in [0.29, 0.717) is 17.8 Å². The first-order chi connectivity index (χ1) is 11.5. The smallest absolute Gasteiger partial charge is 0.269 e. The average molecular weight is 464 g/mol. The number of rotatable bonds is 7. The molecule has 140 valence electrons. The van der Waals surface area contributed by atoms with E-state index in [-0.39, 0.29) is 42.8 Å². The van der Waals surface area contributed by atoms with Gasteiger partial charge in [0.2, 0.25) is 0 Å². The molecule has 0 aliphatic heterocycles. The van der Waals surface area contributed by atoms with Gasteiger partial charge in [-0.25, -0.2) is 0 Å². The molecule has 1 fully saturated rings. The minimum atomic E-state index is -0.799. The highest BCUT2D eigenvalue weighted by molar-refractivity contribution is 14.0. The average Bonchev–Trinajstić information content (AvgIpc) is 2.59. The number of hydrogen-bond acceptors (Lipinski definition) is 5. The van der Waals surface area contributed by atoms with Crippen LogP contribution in [0.4, 0.5) is 5.69 Å². The first kappa shape index (κ1) is 21.4. The molecule has 1 saturated carbocycles. The Bertz CT molecular complexity index is 562. The van der Waals surface area contributed by atoms with Crippen LogP contribution in [0.1, 0.15) is 32.1 Å². The van der Waals surface area contributed by atoms with Crippen molar-refractivity contribution >= 4 is 35.6 Å². The Morgan fingerprint density at radius 1 is 1.36 bits per heavy atom. The monoisotopic (exact) mass is 464 g/mol. The molecule has 1 atom stereocenters. The lowest BCUT2D eigenvalue weighted by Crippen LogP contribution is -2.41. The van der Waals surface area contributed by atoms with E-state index in [2.05, 4.69) is 10.3 Å². The van der Waals surface area contributed by atoms with Crippen LogP contribution >= 0.6 is 24.0 Å². The van der Waals surface area contributed by atoms with Crippen LogP contribution in [-0.2, 0) is 0 Å². The number of nitro benzene ring substituents is 1. The van der Waals surface area contributed by atoms with E-state index in [1.54, 1.807) is 0 Å². The van der Waals surface area contributed by atoms with Gasteiger partial charge in [-0.1, -0.05) is 19.3 Å². The number of nitro groups is 1. The first-order valence-corrected chi connectivity index (χ1v) is 8.16. The predicted molar refractivity (Wildman–Crippen MR) is 107 cm³/mol. The summed E-state index contributed by atoms with van der Waals surface area (Å²) in [4.78, 5) is 14.2. The highest BCUT2D eigenvalue weighted by atomic mass is 127. The van der Waals surface area contributed by atoms with Crippen molar-refractivity contribution in [2.24, 2.45) is 10.7 Å². The highest BCUT2D eigenvalue weighted by Crippen LogP contribution is 2.18. The van der Waals surface area contributed by atoms with E-state index in [9.17, 15) is 15.2 Å². The van der Waals surface area contributed by atoms with Crippen molar-refractivity contribution in [3.8, 4) is 5.75 Å². The Hall–Kier alpha value is -1.62. The number of guanidine groups is 1. The molecule has 9 heteroatoms. The van der Waals surface area contributed by atoms with Gasteiger partial charge in [-0.05, 0) is 25.0 Å². The van der Waals surface area contributed by atoms with Gasteiger partial charge in [-0.15, -0.1) is 24.0 Å². The Kier molecular flexibility index (Phi) is 9.50. The zero-order chi connectivity index (χ0) is 17.4. The van der Waals surface area contributed by atoms with Crippen LogP contribution in [0.15, 0.2) is 29.3 Å². The van der Waals surface area contributed by atoms with Gasteiger partial charge in [0.25, 0.3) is 5.69 Å². The van der Waals surface area contributed by atoms with Crippen molar-refractivity contribution in [3.05, 3.63) is 34.4 Å². The highest BCUT2D eigenvalue weighted by Gasteiger charge is 2.13. The van der Waals surface area contributed by atoms with Crippen molar-refractivity contribution < 1.29 is 14.8 Å². The minimum absolute atomic E-state index is 0. The fraction of sp³-hybridized carbons (Fsp3) is 0.562. The van der Waals surface area contributed by atoms with Gasteiger partial charge in [0.15, 0.2) is 5.96 Å². The number of nitrogens with one attached hydrogen (secondary N) is 1. The minimum Gasteiger partial charge on any atom is -0.491 e. The summed E-state index contributed by atoms with van der Waals surface area (Å²) in [6.45, 7) is 0.177. The molecule has 0 saturated heterocycles. The maximum absolute atomic E-state index is 10.6. The van der Waals surface area contributed by atoms with Gasteiger partial charge < -0.3 is 20.9 Å². The van der Waals surface area contributed by atoms with Crippen molar-refractivity contribution in [3.63, 3.8) is 0 Å². The number of hydrogen-bond donors (Lipinski definition) is 3. The molecule has 25 heavy (non-hydrogen) atoms. The molecule has 0 aromatic heterocycles. The van der Waals surface area contributed by atoms with Gasteiger partial charge in [-0.3, -0.25) is 15.1 Å². The van der Waals surface area contributed by atoms with Crippen LogP contribution in [0.3, 0.4) is 0 Å². The van der Waals surface area contributed by atoms with Gasteiger partial charge in [-0.2, -0.15) is 0 Å². The van der Waals surface area contributed by atoms with Crippen LogP contribution < -0.4 is 15.8 Å². The zero-order valence-corrected chi connectivity index (χ0v) is 16.3. The quantitative estimate of drug-likeness (QED) is 0.187. The molecular weight excluding hydrogens is 439 g/mol. The zero-order valence-electron chi connectivity index (χ0n) is 14.0. The summed E-state index contributed by atoms with van der Waals surface area (Å²) in [7, 11) is 0. The number of nitrogens with zero attached hydrogens (tertiary/aromatic N) is 2. The van der Waals surface area contributed by atoms with Crippen molar-refractivity contribution in [2.45, 2.75) is 44.2 Å². The number of aliphatic hydroxyl groups excluding tert-OH is 1. The number of aliphatic imine (C=N–C) groups is 1. The fourth-order valence-electron chi connectivity index (χ4n) is 2.61. The Morgan fingerprint density at radius 2 is 2.00 bits per heavy atom. The molecule has 1 aromatic rings. The molecule has 0 amide bonds. The van der Waals surface area contributed by atoms with E-state index in [1.165, 1.54) is 43.5 Å². The topological polar surface area (TPSA) is 123 Å². The fourth-order valence-corrected chi connectivity index (χ4v) is 2.61. The molecule has 2 rings (SSSR count). The van der Waals surface area contributed by atoms with Crippen molar-refractivity contribution in [2.75, 3.05) is 13.2 Å². The standard InChI is InChI=1S/C16H24N4O4.HI/c17-16(19-12-4-2-1-3-5-12)18-10-14(21)11-24-15-8-6-13(7-9-15)20(22)23;/h6-9,12,14,21H,1-5,10-11H2,(H3,17,18,19);1H. The normalized spacial score (nSPS) is 16.6. The molecule has 4 N–H and O–H groups in total. The SMILES string of the molecule is I.NC(=NCC(O)COc1ccc([N+](=O)[O-])cc1)NC1CCCCC1. The lowest BCUT2D eigenvalue weighted by Gasteiger charge is -2.23. The lowest BCUT2D eigenvalue weighted by molar-refractivity contribution is -0.384. The first-order valence-electron chi connectivity index (χ1n) is 8.16. The van der Waals surface area contributed by atoms with Crippen LogP contribution in [0.25, 0.3) is 0 Å². The second-order valence-corrected chi connectivity index (χ2v) is 5.92. The molecule has 8 nitrogen and oxygen atoms in total. The van der Waals surface area contributed by atoms with E-state index >= 15 is 0 Å². The van der Waals surface area contributed by atoms with Crippen LogP contribution in [0.2, 0.25) is 0 Å². The third-order valence-corrected chi connectivity index (χ3v) is 3.92. The lowest BCUT2D eigenvalue weighted by atomic mass is 9.96. The number of ether oxygens (including phenoxy) is 1. The summed E-state index contributed by atoms with van der Waals surface area (Å²) in [5.41, 5.74) is 5.82. The van der Waals surface area contributed by atoms with Crippen molar-refractivity contribution in [1.82, 2.24) is 5.32 Å². The second kappa shape index (κ2) is 11.1. The molecule has 0 spiro atoms. The molecule has 1 aliphatic carbocycles. The van der Waals surface area contributed by atoms with E-state index in [1.807, 2.05) is 0 Å². The van der Waals surface area contributed by atoms with Crippen LogP contribution in [0, 0.1) is 10.1 Å². The molecule has 1 aromatic carbocycles. The largest absolute Gasteiger partial charge is 0.491 e. The third kappa shape index (κ3) is 7.86. The van der Waals surface area contributed by atoms with E-state index < -0.39 is 11.0 Å². The Morgan fingerprint density at radius 3 is 2.60 bits per heavy atom. The van der Waals surface area contributed by atoms with Gasteiger partial charge in [0.1, 0.15) is 18.5 Å². The van der Waals surface area contributed by atoms with E-state index in [4.69, 9.17) is 10.5 Å². The molecule has 0 heterocycles. The maximum atomic E-state index is 10.6. The summed E-state index contributed by atoms with van der Waals surface area (Å²) >= 11 is 0. The van der Waals surface area contributed by atoms with Crippen LogP contribution in [-0.4, -0.2) is 41.3 Å². The second-order valence-electron chi connectivity index (χ2n) is 5.92. The Balaban J connectivity index is 0.00000312. The summed E-state index contributed by atoms with van der Waals surface area (Å²) in [6.07, 6.45) is 5.08. The number of benzene rings is 1.